The molecule has 3 aliphatic rings. The molecule has 1 aliphatic heterocycles. The van der Waals surface area contributed by atoms with Crippen LogP contribution in [0.2, 0.25) is 5.02 Å². The number of sulfone groups is 1. The van der Waals surface area contributed by atoms with Crippen LogP contribution in [0.4, 0.5) is 18.9 Å². The van der Waals surface area contributed by atoms with Gasteiger partial charge < -0.3 is 10.1 Å². The van der Waals surface area contributed by atoms with Crippen LogP contribution in [0, 0.1) is 35.2 Å². The maximum atomic E-state index is 13.8. The number of morpholine rings is 1. The van der Waals surface area contributed by atoms with E-state index in [9.17, 15) is 26.4 Å². The van der Waals surface area contributed by atoms with Gasteiger partial charge in [-0.25, -0.2) is 21.6 Å². The molecule has 2 aromatic rings. The van der Waals surface area contributed by atoms with Gasteiger partial charge in [0.15, 0.2) is 27.3 Å². The molecule has 0 unspecified atom stereocenters. The van der Waals surface area contributed by atoms with Crippen molar-refractivity contribution in [2.24, 2.45) is 17.8 Å². The molecule has 1 amide bonds. The molecule has 6 nitrogen and oxygen atoms in total. The van der Waals surface area contributed by atoms with Crippen LogP contribution in [-0.2, 0) is 14.6 Å². The molecule has 37 heavy (non-hydrogen) atoms. The van der Waals surface area contributed by atoms with Crippen molar-refractivity contribution in [3.8, 4) is 0 Å². The fourth-order valence-corrected chi connectivity index (χ4v) is 9.12. The summed E-state index contributed by atoms with van der Waals surface area (Å²) in [5, 5.41) is 1.74. The van der Waals surface area contributed by atoms with Crippen LogP contribution in [0.25, 0.3) is 0 Å². The SMILES string of the molecule is O=C(Nc1cc(F)c(F)c(F)c1)c1ccc(Cl)c(S(=O)(=O)C2[C@H]3CC[C@H]2CC(CN2CCOCC2)C3)c1. The van der Waals surface area contributed by atoms with Crippen molar-refractivity contribution in [3.05, 3.63) is 58.4 Å². The molecule has 11 heteroatoms. The molecule has 2 aliphatic carbocycles. The quantitative estimate of drug-likeness (QED) is 0.511. The number of anilines is 1. The van der Waals surface area contributed by atoms with Crippen molar-refractivity contribution >= 4 is 33.0 Å². The Labute approximate surface area is 219 Å². The Morgan fingerprint density at radius 3 is 2.27 bits per heavy atom. The first-order valence-corrected chi connectivity index (χ1v) is 14.4. The van der Waals surface area contributed by atoms with Crippen molar-refractivity contribution in [3.63, 3.8) is 0 Å². The van der Waals surface area contributed by atoms with Crippen LogP contribution < -0.4 is 5.32 Å². The number of hydrogen-bond donors (Lipinski definition) is 1. The summed E-state index contributed by atoms with van der Waals surface area (Å²) in [5.74, 6) is -4.86. The summed E-state index contributed by atoms with van der Waals surface area (Å²) < 4.78 is 73.4. The molecule has 200 valence electrons. The second-order valence-electron chi connectivity index (χ2n) is 10.2. The van der Waals surface area contributed by atoms with Gasteiger partial charge in [-0.2, -0.15) is 0 Å². The first-order chi connectivity index (χ1) is 17.6. The lowest BCUT2D eigenvalue weighted by atomic mass is 9.80. The van der Waals surface area contributed by atoms with E-state index in [2.05, 4.69) is 10.2 Å². The van der Waals surface area contributed by atoms with Crippen molar-refractivity contribution < 1.29 is 31.1 Å². The third kappa shape index (κ3) is 5.39. The van der Waals surface area contributed by atoms with Gasteiger partial charge in [0, 0.05) is 43.0 Å². The normalized spacial score (nSPS) is 26.3. The smallest absolute Gasteiger partial charge is 0.255 e. The molecular weight excluding hydrogens is 529 g/mol. The van der Waals surface area contributed by atoms with Crippen molar-refractivity contribution in [2.45, 2.75) is 35.8 Å². The average molecular weight is 557 g/mol. The molecule has 2 bridgehead atoms. The Hall–Kier alpha value is -2.14. The predicted molar refractivity (Wildman–Crippen MR) is 133 cm³/mol. The third-order valence-corrected chi connectivity index (χ3v) is 10.7. The van der Waals surface area contributed by atoms with Gasteiger partial charge in [0.1, 0.15) is 0 Å². The Bertz CT molecular complexity index is 1270. The van der Waals surface area contributed by atoms with Crippen LogP contribution in [0.3, 0.4) is 0 Å². The standard InChI is InChI=1S/C26H28ClF3N2O4S/c27-20-4-3-18(26(33)31-19-12-21(28)24(30)22(29)13-19)11-23(20)37(34,35)25-16-1-2-17(25)10-15(9-16)14-32-5-7-36-8-6-32/h3-4,11-13,15-17,25H,1-2,5-10,14H2,(H,31,33)/t15?,16-,17-,25?/m0/s1. The number of hydrogen-bond acceptors (Lipinski definition) is 5. The summed E-state index contributed by atoms with van der Waals surface area (Å²) in [7, 11) is -3.85. The Kier molecular flexibility index (Phi) is 7.55. The van der Waals surface area contributed by atoms with Crippen molar-refractivity contribution in [1.82, 2.24) is 4.90 Å². The van der Waals surface area contributed by atoms with Crippen LogP contribution >= 0.6 is 11.6 Å². The molecule has 3 fully saturated rings. The van der Waals surface area contributed by atoms with Gasteiger partial charge in [-0.3, -0.25) is 9.69 Å². The molecule has 1 saturated heterocycles. The molecular formula is C26H28ClF3N2O4S. The maximum Gasteiger partial charge on any atom is 0.255 e. The fraction of sp³-hybridized carbons (Fsp3) is 0.500. The van der Waals surface area contributed by atoms with E-state index in [-0.39, 0.29) is 33.0 Å². The number of ether oxygens (including phenoxy) is 1. The summed E-state index contributed by atoms with van der Waals surface area (Å²) in [6, 6.07) is 5.18. The molecule has 1 N–H and O–H groups in total. The lowest BCUT2D eigenvalue weighted by Crippen LogP contribution is -2.43. The number of carbonyl (C=O) groups excluding carboxylic acids is 1. The monoisotopic (exact) mass is 556 g/mol. The number of nitrogens with zero attached hydrogens (tertiary/aromatic N) is 1. The highest BCUT2D eigenvalue weighted by molar-refractivity contribution is 7.92. The van der Waals surface area contributed by atoms with Gasteiger partial charge in [-0.05, 0) is 61.6 Å². The van der Waals surface area contributed by atoms with Gasteiger partial charge in [0.2, 0.25) is 0 Å². The summed E-state index contributed by atoms with van der Waals surface area (Å²) in [4.78, 5) is 15.0. The Balaban J connectivity index is 1.34. The highest BCUT2D eigenvalue weighted by Gasteiger charge is 2.50. The Morgan fingerprint density at radius 2 is 1.65 bits per heavy atom. The van der Waals surface area contributed by atoms with E-state index in [0.29, 0.717) is 18.1 Å². The average Bonchev–Trinajstić information content (AvgIpc) is 3.15. The lowest BCUT2D eigenvalue weighted by Gasteiger charge is -2.38. The van der Waals surface area contributed by atoms with Crippen LogP contribution in [-0.4, -0.2) is 57.3 Å². The number of carbonyl (C=O) groups is 1. The van der Waals surface area contributed by atoms with E-state index in [1.165, 1.54) is 18.2 Å². The topological polar surface area (TPSA) is 75.7 Å². The molecule has 0 spiro atoms. The molecule has 5 rings (SSSR count). The summed E-state index contributed by atoms with van der Waals surface area (Å²) in [6.45, 7) is 4.20. The maximum absolute atomic E-state index is 13.8. The van der Waals surface area contributed by atoms with Crippen LogP contribution in [0.5, 0.6) is 0 Å². The fourth-order valence-electron chi connectivity index (χ4n) is 6.24. The minimum absolute atomic E-state index is 0.0188. The van der Waals surface area contributed by atoms with E-state index in [1.54, 1.807) is 0 Å². The van der Waals surface area contributed by atoms with Crippen molar-refractivity contribution in [2.75, 3.05) is 38.2 Å². The molecule has 0 radical (unpaired) electrons. The van der Waals surface area contributed by atoms with Gasteiger partial charge >= 0.3 is 0 Å². The van der Waals surface area contributed by atoms with Crippen LogP contribution in [0.1, 0.15) is 36.0 Å². The van der Waals surface area contributed by atoms with Crippen molar-refractivity contribution in [1.29, 1.82) is 0 Å². The van der Waals surface area contributed by atoms with Gasteiger partial charge in [0.25, 0.3) is 5.91 Å². The number of nitrogens with one attached hydrogen (secondary N) is 1. The summed E-state index contributed by atoms with van der Waals surface area (Å²) in [5.41, 5.74) is -0.334. The number of fused-ring (bicyclic) bond motifs is 2. The number of rotatable bonds is 6. The third-order valence-electron chi connectivity index (χ3n) is 7.83. The van der Waals surface area contributed by atoms with E-state index < -0.39 is 38.4 Å². The molecule has 1 heterocycles. The largest absolute Gasteiger partial charge is 0.379 e. The van der Waals surface area contributed by atoms with Gasteiger partial charge in [-0.1, -0.05) is 11.6 Å². The van der Waals surface area contributed by atoms with E-state index >= 15 is 0 Å². The highest BCUT2D eigenvalue weighted by Crippen LogP contribution is 2.50. The minimum atomic E-state index is -3.85. The predicted octanol–water partition coefficient (Wildman–Crippen LogP) is 4.92. The number of halogens is 4. The second kappa shape index (κ2) is 10.6. The molecule has 2 atom stereocenters. The Morgan fingerprint density at radius 1 is 1.03 bits per heavy atom. The van der Waals surface area contributed by atoms with Gasteiger partial charge in [0.05, 0.1) is 28.4 Å². The summed E-state index contributed by atoms with van der Waals surface area (Å²) in [6.07, 6.45) is 3.34. The number of benzene rings is 2. The zero-order valence-corrected chi connectivity index (χ0v) is 21.6. The zero-order valence-electron chi connectivity index (χ0n) is 20.1. The number of amides is 1. The lowest BCUT2D eigenvalue weighted by molar-refractivity contribution is 0.0253. The summed E-state index contributed by atoms with van der Waals surface area (Å²) >= 11 is 6.33. The van der Waals surface area contributed by atoms with E-state index in [4.69, 9.17) is 16.3 Å². The first-order valence-electron chi connectivity index (χ1n) is 12.4. The zero-order chi connectivity index (χ0) is 26.3. The van der Waals surface area contributed by atoms with E-state index in [1.807, 2.05) is 0 Å². The molecule has 2 saturated carbocycles. The first kappa shape index (κ1) is 26.5. The molecule has 2 aromatic carbocycles. The highest BCUT2D eigenvalue weighted by atomic mass is 35.5. The van der Waals surface area contributed by atoms with Gasteiger partial charge in [-0.15, -0.1) is 0 Å². The minimum Gasteiger partial charge on any atom is -0.379 e. The van der Waals surface area contributed by atoms with E-state index in [0.717, 1.165) is 58.5 Å². The second-order valence-corrected chi connectivity index (χ2v) is 12.7. The van der Waals surface area contributed by atoms with Crippen LogP contribution in [0.15, 0.2) is 35.2 Å². The molecule has 0 aromatic heterocycles.